The van der Waals surface area contributed by atoms with Crippen LogP contribution in [-0.2, 0) is 6.42 Å². The second kappa shape index (κ2) is 24.7. The van der Waals surface area contributed by atoms with Gasteiger partial charge in [0.1, 0.15) is 0 Å². The standard InChI is InChI=1S/C16H20.C14H16.C13H12.C2H6/c1-4-5-7-14(2)8-6-9-16-12-10-15(3)11-13-16;1-3-5-10-13(9-4-2)14-11-7-6-8-12-14;1-11-7-9-13(10-8-11)12-5-3-2-4-6-12;1-2/h4-8,10-13H,9H2,1-3H3;4-12H,2-3H2,1H3;2-10H,1H3;1-2H3/b5-4-,8-6+,14-7-;10-5-,13-9+;;. The third-order valence-corrected chi connectivity index (χ3v) is 6.50. The van der Waals surface area contributed by atoms with Gasteiger partial charge in [-0.3, -0.25) is 0 Å². The second-order valence-corrected chi connectivity index (χ2v) is 10.3. The van der Waals surface area contributed by atoms with Crippen LogP contribution in [0.25, 0.3) is 16.7 Å². The summed E-state index contributed by atoms with van der Waals surface area (Å²) >= 11 is 0. The lowest BCUT2D eigenvalue weighted by atomic mass is 10.0. The van der Waals surface area contributed by atoms with Crippen molar-refractivity contribution in [3.05, 3.63) is 198 Å². The van der Waals surface area contributed by atoms with Crippen LogP contribution in [0.3, 0.4) is 0 Å². The van der Waals surface area contributed by atoms with E-state index < -0.39 is 0 Å². The molecule has 234 valence electrons. The van der Waals surface area contributed by atoms with Gasteiger partial charge in [-0.05, 0) is 68.4 Å². The van der Waals surface area contributed by atoms with Crippen LogP contribution >= 0.6 is 0 Å². The molecule has 0 heteroatoms. The molecular formula is C45H54. The average molecular weight is 595 g/mol. The van der Waals surface area contributed by atoms with E-state index in [4.69, 9.17) is 0 Å². The number of hydrogen-bond donors (Lipinski definition) is 0. The summed E-state index contributed by atoms with van der Waals surface area (Å²) in [6.07, 6.45) is 20.8. The van der Waals surface area contributed by atoms with E-state index in [1.165, 1.54) is 44.5 Å². The van der Waals surface area contributed by atoms with Gasteiger partial charge in [-0.25, -0.2) is 0 Å². The SMILES string of the molecule is C=C/C=C(\C=C/CC)c1ccccc1.CC.C\C=C/C=C(C)\C=C\Cc1ccc(C)cc1.Cc1ccc(-c2ccccc2)cc1. The molecule has 4 rings (SSSR count). The highest BCUT2D eigenvalue weighted by molar-refractivity contribution is 5.75. The molecule has 0 aliphatic heterocycles. The van der Waals surface area contributed by atoms with Crippen molar-refractivity contribution in [3.8, 4) is 11.1 Å². The molecule has 0 nitrogen and oxygen atoms in total. The van der Waals surface area contributed by atoms with Crippen LogP contribution in [0.5, 0.6) is 0 Å². The molecule has 0 radical (unpaired) electrons. The third kappa shape index (κ3) is 17.3. The van der Waals surface area contributed by atoms with Gasteiger partial charge in [0.2, 0.25) is 0 Å². The smallest absolute Gasteiger partial charge is 0.00942 e. The minimum absolute atomic E-state index is 1.00. The molecule has 0 aromatic heterocycles. The van der Waals surface area contributed by atoms with Crippen LogP contribution < -0.4 is 0 Å². The van der Waals surface area contributed by atoms with E-state index in [9.17, 15) is 0 Å². The fraction of sp³-hybridized carbons (Fsp3) is 0.200. The summed E-state index contributed by atoms with van der Waals surface area (Å²) in [5.74, 6) is 0. The van der Waals surface area contributed by atoms with Crippen molar-refractivity contribution in [2.45, 2.75) is 61.3 Å². The van der Waals surface area contributed by atoms with Gasteiger partial charge in [0.25, 0.3) is 0 Å². The van der Waals surface area contributed by atoms with Crippen LogP contribution in [0.1, 0.15) is 63.3 Å². The van der Waals surface area contributed by atoms with Gasteiger partial charge in [-0.15, -0.1) is 0 Å². The summed E-state index contributed by atoms with van der Waals surface area (Å²) in [4.78, 5) is 0. The molecule has 0 spiro atoms. The molecule has 0 aliphatic rings. The minimum atomic E-state index is 1.00. The van der Waals surface area contributed by atoms with Crippen molar-refractivity contribution in [2.75, 3.05) is 0 Å². The fourth-order valence-electron chi connectivity index (χ4n) is 4.04. The highest BCUT2D eigenvalue weighted by Crippen LogP contribution is 2.19. The van der Waals surface area contributed by atoms with E-state index >= 15 is 0 Å². The lowest BCUT2D eigenvalue weighted by Gasteiger charge is -2.00. The molecule has 0 saturated heterocycles. The van der Waals surface area contributed by atoms with E-state index in [1.54, 1.807) is 0 Å². The molecular weight excluding hydrogens is 540 g/mol. The quantitative estimate of drug-likeness (QED) is 0.169. The van der Waals surface area contributed by atoms with Crippen molar-refractivity contribution >= 4 is 5.57 Å². The van der Waals surface area contributed by atoms with E-state index in [-0.39, 0.29) is 0 Å². The Morgan fingerprint density at radius 3 is 1.71 bits per heavy atom. The first-order chi connectivity index (χ1) is 22.0. The molecule has 4 aromatic carbocycles. The Morgan fingerprint density at radius 2 is 1.18 bits per heavy atom. The first kappa shape index (κ1) is 38.3. The zero-order valence-corrected chi connectivity index (χ0v) is 28.7. The number of allylic oxidation sites excluding steroid dienone is 11. The van der Waals surface area contributed by atoms with Crippen LogP contribution in [0.2, 0.25) is 0 Å². The van der Waals surface area contributed by atoms with Gasteiger partial charge >= 0.3 is 0 Å². The number of rotatable bonds is 9. The van der Waals surface area contributed by atoms with Gasteiger partial charge in [-0.1, -0.05) is 208 Å². The maximum atomic E-state index is 3.72. The van der Waals surface area contributed by atoms with E-state index in [1.807, 2.05) is 63.3 Å². The first-order valence-corrected chi connectivity index (χ1v) is 16.1. The Morgan fingerprint density at radius 1 is 0.644 bits per heavy atom. The predicted octanol–water partition coefficient (Wildman–Crippen LogP) is 13.5. The Bertz CT molecular complexity index is 1460. The summed E-state index contributed by atoms with van der Waals surface area (Å²) in [5.41, 5.74) is 10.3. The van der Waals surface area contributed by atoms with Gasteiger partial charge < -0.3 is 0 Å². The molecule has 0 heterocycles. The normalized spacial score (nSPS) is 11.3. The van der Waals surface area contributed by atoms with E-state index in [0.29, 0.717) is 0 Å². The summed E-state index contributed by atoms with van der Waals surface area (Å²) in [6, 6.07) is 38.0. The molecule has 0 bridgehead atoms. The predicted molar refractivity (Wildman–Crippen MR) is 205 cm³/mol. The molecule has 4 aromatic rings. The van der Waals surface area contributed by atoms with Gasteiger partial charge in [0, 0.05) is 0 Å². The Balaban J connectivity index is 0.000000329. The Hall–Kier alpha value is -4.68. The van der Waals surface area contributed by atoms with Crippen LogP contribution in [-0.4, -0.2) is 0 Å². The zero-order valence-electron chi connectivity index (χ0n) is 28.7. The third-order valence-electron chi connectivity index (χ3n) is 6.50. The zero-order chi connectivity index (χ0) is 33.1. The molecule has 0 N–H and O–H groups in total. The minimum Gasteiger partial charge on any atom is -0.0990 e. The second-order valence-electron chi connectivity index (χ2n) is 10.3. The van der Waals surface area contributed by atoms with Gasteiger partial charge in [-0.2, -0.15) is 0 Å². The Kier molecular flexibility index (Phi) is 21.1. The summed E-state index contributed by atoms with van der Waals surface area (Å²) in [6.45, 7) is 18.2. The van der Waals surface area contributed by atoms with Crippen LogP contribution in [0.4, 0.5) is 0 Å². The van der Waals surface area contributed by atoms with Gasteiger partial charge in [0.15, 0.2) is 0 Å². The Labute approximate surface area is 275 Å². The van der Waals surface area contributed by atoms with E-state index in [2.05, 4.69) is 156 Å². The number of benzene rings is 4. The monoisotopic (exact) mass is 594 g/mol. The average Bonchev–Trinajstić information content (AvgIpc) is 3.09. The highest BCUT2D eigenvalue weighted by atomic mass is 14.0. The van der Waals surface area contributed by atoms with Crippen molar-refractivity contribution in [2.24, 2.45) is 0 Å². The molecule has 0 amide bonds. The molecule has 0 saturated carbocycles. The molecule has 0 unspecified atom stereocenters. The number of hydrogen-bond acceptors (Lipinski definition) is 0. The van der Waals surface area contributed by atoms with Crippen LogP contribution in [0.15, 0.2) is 176 Å². The van der Waals surface area contributed by atoms with Crippen molar-refractivity contribution in [1.29, 1.82) is 0 Å². The molecule has 0 atom stereocenters. The number of aryl methyl sites for hydroxylation is 2. The topological polar surface area (TPSA) is 0 Å². The maximum Gasteiger partial charge on any atom is -0.00942 e. The summed E-state index contributed by atoms with van der Waals surface area (Å²) < 4.78 is 0. The van der Waals surface area contributed by atoms with Crippen molar-refractivity contribution in [3.63, 3.8) is 0 Å². The van der Waals surface area contributed by atoms with E-state index in [0.717, 1.165) is 12.8 Å². The van der Waals surface area contributed by atoms with Gasteiger partial charge in [0.05, 0.1) is 0 Å². The lowest BCUT2D eigenvalue weighted by molar-refractivity contribution is 1.22. The molecule has 0 aliphatic carbocycles. The fourth-order valence-corrected chi connectivity index (χ4v) is 4.04. The summed E-state index contributed by atoms with van der Waals surface area (Å²) in [7, 11) is 0. The lowest BCUT2D eigenvalue weighted by Crippen LogP contribution is -1.81. The maximum absolute atomic E-state index is 3.72. The largest absolute Gasteiger partial charge is 0.0990 e. The molecule has 45 heavy (non-hydrogen) atoms. The van der Waals surface area contributed by atoms with Crippen molar-refractivity contribution in [1.82, 2.24) is 0 Å². The first-order valence-electron chi connectivity index (χ1n) is 16.1. The van der Waals surface area contributed by atoms with Crippen LogP contribution in [0, 0.1) is 13.8 Å². The highest BCUT2D eigenvalue weighted by Gasteiger charge is 1.95. The molecule has 0 fully saturated rings. The summed E-state index contributed by atoms with van der Waals surface area (Å²) in [5, 5.41) is 0. The van der Waals surface area contributed by atoms with Crippen molar-refractivity contribution < 1.29 is 0 Å².